The standard InChI is InChI=1S/C14H22N6O6S3/c15-9-10(21)19-6-14(12(22)23,7-27-11(9)19)8-28-13-16-17-18-20(13)4-2-1-3-5-29(24,25)26/h9,11H,1-8,15H2,(H,22,23)(H,24,25,26)/t9?,11-,14?/m1/s1. The van der Waals surface area contributed by atoms with E-state index in [9.17, 15) is 23.1 Å². The molecular formula is C14H22N6O6S3. The van der Waals surface area contributed by atoms with Gasteiger partial charge in [0, 0.05) is 24.6 Å². The van der Waals surface area contributed by atoms with E-state index >= 15 is 0 Å². The van der Waals surface area contributed by atoms with E-state index < -0.39 is 27.5 Å². The van der Waals surface area contributed by atoms with Crippen LogP contribution in [0.3, 0.4) is 0 Å². The van der Waals surface area contributed by atoms with Crippen molar-refractivity contribution in [2.75, 3.05) is 23.8 Å². The van der Waals surface area contributed by atoms with Crippen LogP contribution in [0.25, 0.3) is 0 Å². The molecule has 3 heterocycles. The lowest BCUT2D eigenvalue weighted by Gasteiger charge is -2.52. The fourth-order valence-corrected chi connectivity index (χ4v) is 6.45. The Morgan fingerprint density at radius 1 is 1.38 bits per heavy atom. The summed E-state index contributed by atoms with van der Waals surface area (Å²) in [5, 5.41) is 21.6. The number of thioether (sulfide) groups is 2. The van der Waals surface area contributed by atoms with Crippen molar-refractivity contribution in [1.29, 1.82) is 0 Å². The highest BCUT2D eigenvalue weighted by Crippen LogP contribution is 2.43. The van der Waals surface area contributed by atoms with Crippen LogP contribution >= 0.6 is 23.5 Å². The molecule has 3 atom stereocenters. The Morgan fingerprint density at radius 3 is 2.83 bits per heavy atom. The first-order valence-electron chi connectivity index (χ1n) is 8.88. The predicted molar refractivity (Wildman–Crippen MR) is 105 cm³/mol. The van der Waals surface area contributed by atoms with E-state index in [1.165, 1.54) is 33.1 Å². The SMILES string of the molecule is NC1C(=O)N2CC(CSc3nnnn3CCCCCS(=O)(=O)O)(C(=O)O)CS[C@H]12. The Bertz CT molecular complexity index is 879. The van der Waals surface area contributed by atoms with E-state index in [4.69, 9.17) is 10.3 Å². The second-order valence-electron chi connectivity index (χ2n) is 7.10. The lowest BCUT2D eigenvalue weighted by Crippen LogP contribution is -2.72. The third-order valence-electron chi connectivity index (χ3n) is 4.89. The Balaban J connectivity index is 1.54. The molecule has 2 aliphatic rings. The minimum Gasteiger partial charge on any atom is -0.481 e. The minimum absolute atomic E-state index is 0.108. The van der Waals surface area contributed by atoms with Crippen LogP contribution in [0.5, 0.6) is 0 Å². The van der Waals surface area contributed by atoms with Gasteiger partial charge in [0.05, 0.1) is 5.75 Å². The number of carboxylic acids is 1. The molecule has 29 heavy (non-hydrogen) atoms. The maximum absolute atomic E-state index is 12.0. The second kappa shape index (κ2) is 8.75. The van der Waals surface area contributed by atoms with Gasteiger partial charge >= 0.3 is 5.97 Å². The molecule has 0 radical (unpaired) electrons. The second-order valence-corrected chi connectivity index (χ2v) is 10.7. The topological polar surface area (TPSA) is 182 Å². The summed E-state index contributed by atoms with van der Waals surface area (Å²) in [6.07, 6.45) is 1.50. The number of nitrogens with zero attached hydrogens (tertiary/aromatic N) is 5. The van der Waals surface area contributed by atoms with Crippen molar-refractivity contribution in [1.82, 2.24) is 25.1 Å². The number of unbranched alkanes of at least 4 members (excludes halogenated alkanes) is 2. The Labute approximate surface area is 175 Å². The molecule has 0 aliphatic carbocycles. The van der Waals surface area contributed by atoms with Gasteiger partial charge in [0.1, 0.15) is 16.8 Å². The number of rotatable bonds is 10. The van der Waals surface area contributed by atoms with Crippen LogP contribution < -0.4 is 5.73 Å². The lowest BCUT2D eigenvalue weighted by molar-refractivity contribution is -0.155. The number of carbonyl (C=O) groups is 2. The number of aryl methyl sites for hydroxylation is 1. The van der Waals surface area contributed by atoms with Crippen LogP contribution in [0.1, 0.15) is 19.3 Å². The number of hydrogen-bond donors (Lipinski definition) is 3. The summed E-state index contributed by atoms with van der Waals surface area (Å²) in [7, 11) is -3.96. The van der Waals surface area contributed by atoms with Gasteiger partial charge in [0.15, 0.2) is 0 Å². The number of nitrogens with two attached hydrogens (primary N) is 1. The maximum atomic E-state index is 12.0. The van der Waals surface area contributed by atoms with Crippen LogP contribution in [-0.2, 0) is 26.3 Å². The summed E-state index contributed by atoms with van der Waals surface area (Å²) in [6.45, 7) is 0.550. The Kier molecular flexibility index (Phi) is 6.72. The van der Waals surface area contributed by atoms with E-state index in [1.54, 1.807) is 0 Å². The van der Waals surface area contributed by atoms with Crippen molar-refractivity contribution in [3.8, 4) is 0 Å². The molecule has 2 saturated heterocycles. The van der Waals surface area contributed by atoms with E-state index in [1.807, 2.05) is 0 Å². The number of tetrazole rings is 1. The van der Waals surface area contributed by atoms with Gasteiger partial charge in [-0.3, -0.25) is 14.1 Å². The first-order valence-corrected chi connectivity index (χ1v) is 12.5. The van der Waals surface area contributed by atoms with Crippen LogP contribution in [0.4, 0.5) is 0 Å². The number of hydrogen-bond acceptors (Lipinski definition) is 10. The number of β-lactam (4-membered cyclic amide) rings is 1. The highest BCUT2D eigenvalue weighted by molar-refractivity contribution is 8.00. The number of amides is 1. The molecule has 4 N–H and O–H groups in total. The zero-order valence-corrected chi connectivity index (χ0v) is 17.8. The quantitative estimate of drug-likeness (QED) is 0.168. The summed E-state index contributed by atoms with van der Waals surface area (Å²) >= 11 is 2.59. The molecule has 15 heteroatoms. The van der Waals surface area contributed by atoms with Gasteiger partial charge in [-0.05, 0) is 23.3 Å². The molecule has 0 saturated carbocycles. The third-order valence-corrected chi connectivity index (χ3v) is 8.55. The number of aliphatic carboxylic acids is 1. The summed E-state index contributed by atoms with van der Waals surface area (Å²) in [4.78, 5) is 25.4. The summed E-state index contributed by atoms with van der Waals surface area (Å²) in [5.74, 6) is -0.956. The van der Waals surface area contributed by atoms with Gasteiger partial charge in [0.2, 0.25) is 11.1 Å². The smallest absolute Gasteiger partial charge is 0.313 e. The van der Waals surface area contributed by atoms with E-state index in [0.717, 1.165) is 0 Å². The number of carboxylic acid groups (broad SMARTS) is 1. The molecule has 2 aliphatic heterocycles. The highest BCUT2D eigenvalue weighted by atomic mass is 32.2. The van der Waals surface area contributed by atoms with Gasteiger partial charge in [-0.15, -0.1) is 16.9 Å². The Hall–Kier alpha value is -1.42. The molecule has 2 unspecified atom stereocenters. The molecular weight excluding hydrogens is 444 g/mol. The normalized spacial score (nSPS) is 26.8. The zero-order chi connectivity index (χ0) is 21.2. The first kappa shape index (κ1) is 22.3. The van der Waals surface area contributed by atoms with Gasteiger partial charge in [-0.2, -0.15) is 8.42 Å². The summed E-state index contributed by atoms with van der Waals surface area (Å²) in [5.41, 5.74) is 4.65. The van der Waals surface area contributed by atoms with Crippen molar-refractivity contribution in [2.24, 2.45) is 11.1 Å². The first-order chi connectivity index (χ1) is 13.6. The average molecular weight is 467 g/mol. The zero-order valence-electron chi connectivity index (χ0n) is 15.4. The van der Waals surface area contributed by atoms with Crippen molar-refractivity contribution < 1.29 is 27.7 Å². The fourth-order valence-electron chi connectivity index (χ4n) is 3.17. The van der Waals surface area contributed by atoms with Crippen molar-refractivity contribution in [2.45, 2.75) is 42.4 Å². The lowest BCUT2D eigenvalue weighted by atomic mass is 9.89. The molecule has 1 aromatic heterocycles. The van der Waals surface area contributed by atoms with Gasteiger partial charge in [0.25, 0.3) is 10.1 Å². The monoisotopic (exact) mass is 466 g/mol. The molecule has 3 rings (SSSR count). The van der Waals surface area contributed by atoms with Crippen molar-refractivity contribution >= 4 is 45.5 Å². The fraction of sp³-hybridized carbons (Fsp3) is 0.786. The van der Waals surface area contributed by atoms with Crippen molar-refractivity contribution in [3.63, 3.8) is 0 Å². The molecule has 162 valence electrons. The highest BCUT2D eigenvalue weighted by Gasteiger charge is 2.55. The van der Waals surface area contributed by atoms with Crippen LogP contribution in [0.15, 0.2) is 5.16 Å². The van der Waals surface area contributed by atoms with Crippen LogP contribution in [0.2, 0.25) is 0 Å². The molecule has 0 bridgehead atoms. The van der Waals surface area contributed by atoms with Crippen LogP contribution in [-0.4, -0.2) is 90.3 Å². The van der Waals surface area contributed by atoms with Crippen molar-refractivity contribution in [3.05, 3.63) is 0 Å². The van der Waals surface area contributed by atoms with E-state index in [2.05, 4.69) is 15.5 Å². The molecule has 2 fully saturated rings. The van der Waals surface area contributed by atoms with Gasteiger partial charge in [-0.1, -0.05) is 18.2 Å². The molecule has 1 amide bonds. The van der Waals surface area contributed by atoms with E-state index in [-0.39, 0.29) is 29.3 Å². The molecule has 1 aromatic rings. The van der Waals surface area contributed by atoms with Gasteiger partial charge < -0.3 is 15.7 Å². The maximum Gasteiger partial charge on any atom is 0.313 e. The third kappa shape index (κ3) is 5.02. The van der Waals surface area contributed by atoms with Gasteiger partial charge in [-0.25, -0.2) is 4.68 Å². The molecule has 0 aromatic carbocycles. The molecule has 12 nitrogen and oxygen atoms in total. The number of fused-ring (bicyclic) bond motifs is 1. The Morgan fingerprint density at radius 2 is 2.14 bits per heavy atom. The average Bonchev–Trinajstić information content (AvgIpc) is 3.11. The number of aromatic nitrogens is 4. The number of carbonyl (C=O) groups excluding carboxylic acids is 1. The predicted octanol–water partition coefficient (Wildman–Crippen LogP) is -0.863. The summed E-state index contributed by atoms with van der Waals surface area (Å²) in [6, 6.07) is -0.562. The van der Waals surface area contributed by atoms with Crippen LogP contribution in [0, 0.1) is 5.41 Å². The summed E-state index contributed by atoms with van der Waals surface area (Å²) < 4.78 is 31.7. The largest absolute Gasteiger partial charge is 0.481 e. The molecule has 0 spiro atoms. The van der Waals surface area contributed by atoms with E-state index in [0.29, 0.717) is 36.7 Å². The minimum atomic E-state index is -3.96.